The van der Waals surface area contributed by atoms with Crippen LogP contribution in [0.1, 0.15) is 0 Å². The molecule has 3 rings (SSSR count). The third kappa shape index (κ3) is 15.2. The second-order valence-corrected chi connectivity index (χ2v) is 12.6. The minimum atomic E-state index is -1.93. The normalized spacial score (nSPS) is 36.9. The summed E-state index contributed by atoms with van der Waals surface area (Å²) < 4.78 is 65.4. The number of rotatable bonds is 28. The van der Waals surface area contributed by atoms with E-state index in [0.717, 1.165) is 0 Å². The van der Waals surface area contributed by atoms with Crippen LogP contribution in [0.2, 0.25) is 0 Å². The Bertz CT molecular complexity index is 995. The number of aliphatic hydroxyl groups is 10. The van der Waals surface area contributed by atoms with Gasteiger partial charge >= 0.3 is 0 Å². The summed E-state index contributed by atoms with van der Waals surface area (Å²) in [6, 6.07) is 0. The quantitative estimate of drug-likeness (QED) is 0.0260. The van der Waals surface area contributed by atoms with Gasteiger partial charge in [0.15, 0.2) is 18.9 Å². The minimum Gasteiger partial charge on any atom is -0.394 e. The fourth-order valence-electron chi connectivity index (χ4n) is 5.67. The highest BCUT2D eigenvalue weighted by Crippen LogP contribution is 2.32. The third-order valence-electron chi connectivity index (χ3n) is 8.68. The van der Waals surface area contributed by atoms with Gasteiger partial charge in [0.25, 0.3) is 0 Å². The molecule has 0 saturated carbocycles. The molecule has 0 amide bonds. The van der Waals surface area contributed by atoms with E-state index in [1.807, 2.05) is 0 Å². The van der Waals surface area contributed by atoms with Gasteiger partial charge in [-0.15, -0.1) is 6.58 Å². The zero-order chi connectivity index (χ0) is 40.2. The van der Waals surface area contributed by atoms with Crippen LogP contribution in [0, 0.1) is 0 Å². The molecule has 22 heteroatoms. The molecule has 0 radical (unpaired) electrons. The van der Waals surface area contributed by atoms with Gasteiger partial charge in [-0.1, -0.05) is 6.08 Å². The van der Waals surface area contributed by atoms with Gasteiger partial charge in [0.05, 0.1) is 106 Å². The van der Waals surface area contributed by atoms with E-state index in [2.05, 4.69) is 6.58 Å². The van der Waals surface area contributed by atoms with Crippen molar-refractivity contribution in [3.05, 3.63) is 12.7 Å². The van der Waals surface area contributed by atoms with Crippen LogP contribution in [0.25, 0.3) is 0 Å². The highest BCUT2D eigenvalue weighted by atomic mass is 16.8. The van der Waals surface area contributed by atoms with Gasteiger partial charge in [0, 0.05) is 0 Å². The molecule has 0 bridgehead atoms. The lowest BCUT2D eigenvalue weighted by atomic mass is 9.96. The lowest BCUT2D eigenvalue weighted by Crippen LogP contribution is -2.66. The van der Waals surface area contributed by atoms with E-state index >= 15 is 0 Å². The highest BCUT2D eigenvalue weighted by Gasteiger charge is 2.53. The Hall–Kier alpha value is -1.14. The van der Waals surface area contributed by atoms with Crippen LogP contribution in [0.3, 0.4) is 0 Å². The first kappa shape index (κ1) is 48.2. The SMILES string of the molecule is C=CCOCCOCCOCCOCCOCCOCCO[C@@H]1OC(CO)[C@@H](O[C@@H]2OC(CO)[C@H](O[C@H]3OC(CO)[C@H](O)C(O)C3O)C(O)C2O)C(O)C1O. The molecule has 10 N–H and O–H groups in total. The van der Waals surface area contributed by atoms with Crippen molar-refractivity contribution in [2.75, 3.05) is 106 Å². The summed E-state index contributed by atoms with van der Waals surface area (Å²) in [4.78, 5) is 0. The van der Waals surface area contributed by atoms with Crippen LogP contribution in [0.4, 0.5) is 0 Å². The molecule has 0 aromatic carbocycles. The average molecular weight is 809 g/mol. The monoisotopic (exact) mass is 808 g/mol. The summed E-state index contributed by atoms with van der Waals surface area (Å²) in [5.41, 5.74) is 0. The molecule has 0 aromatic rings. The molecule has 3 fully saturated rings. The summed E-state index contributed by atoms with van der Waals surface area (Å²) in [5.74, 6) is 0. The van der Waals surface area contributed by atoms with Crippen LogP contribution in [0.5, 0.6) is 0 Å². The lowest BCUT2D eigenvalue weighted by Gasteiger charge is -2.48. The molecule has 3 aliphatic rings. The van der Waals surface area contributed by atoms with E-state index in [1.165, 1.54) is 0 Å². The molecule has 22 nitrogen and oxygen atoms in total. The fourth-order valence-corrected chi connectivity index (χ4v) is 5.67. The zero-order valence-corrected chi connectivity index (χ0v) is 30.6. The first-order chi connectivity index (χ1) is 26.6. The summed E-state index contributed by atoms with van der Waals surface area (Å²) in [6.45, 7) is 5.69. The predicted octanol–water partition coefficient (Wildman–Crippen LogP) is -6.26. The Kier molecular flexibility index (Phi) is 23.5. The van der Waals surface area contributed by atoms with E-state index in [-0.39, 0.29) is 26.4 Å². The summed E-state index contributed by atoms with van der Waals surface area (Å²) in [6.07, 6.45) is -23.1. The van der Waals surface area contributed by atoms with Gasteiger partial charge in [-0.2, -0.15) is 0 Å². The topological polar surface area (TPSA) is 313 Å². The molecule has 0 aromatic heterocycles. The van der Waals surface area contributed by atoms with Crippen LogP contribution in [0.15, 0.2) is 12.7 Å². The molecule has 324 valence electrons. The van der Waals surface area contributed by atoms with Crippen molar-refractivity contribution < 1.29 is 108 Å². The van der Waals surface area contributed by atoms with Gasteiger partial charge in [-0.05, 0) is 0 Å². The second-order valence-electron chi connectivity index (χ2n) is 12.6. The van der Waals surface area contributed by atoms with Crippen molar-refractivity contribution >= 4 is 0 Å². The Morgan fingerprint density at radius 1 is 0.400 bits per heavy atom. The van der Waals surface area contributed by atoms with Gasteiger partial charge in [0.1, 0.15) is 73.2 Å². The Labute approximate surface area is 318 Å². The fraction of sp³-hybridized carbons (Fsp3) is 0.939. The van der Waals surface area contributed by atoms with Crippen molar-refractivity contribution in [2.45, 2.75) is 92.1 Å². The molecule has 0 spiro atoms. The number of hydrogen-bond donors (Lipinski definition) is 10. The smallest absolute Gasteiger partial charge is 0.187 e. The molecule has 9 unspecified atom stereocenters. The Morgan fingerprint density at radius 3 is 1.16 bits per heavy atom. The lowest BCUT2D eigenvalue weighted by molar-refractivity contribution is -0.379. The van der Waals surface area contributed by atoms with Crippen LogP contribution in [-0.2, 0) is 56.8 Å². The van der Waals surface area contributed by atoms with Crippen molar-refractivity contribution in [1.82, 2.24) is 0 Å². The number of ether oxygens (including phenoxy) is 12. The molecule has 0 aliphatic carbocycles. The molecule has 3 heterocycles. The molecule has 15 atom stereocenters. The standard InChI is InChI=1S/C33H60O22/c1-2-3-44-4-5-45-6-7-46-8-9-47-10-11-48-12-13-49-14-15-50-31-27(42)24(39)29(20(17-35)52-31)55-33-28(43)25(40)30(21(18-36)53-33)54-32-26(41)23(38)22(37)19(16-34)51-32/h2,19-43H,1,3-18H2/t19?,20?,21?,22-,23?,24?,25?,26?,27?,28?,29+,30-,31+,32+,33-/m0/s1. The summed E-state index contributed by atoms with van der Waals surface area (Å²) >= 11 is 0. The van der Waals surface area contributed by atoms with Gasteiger partial charge in [-0.3, -0.25) is 0 Å². The number of aliphatic hydroxyl groups excluding tert-OH is 10. The summed E-state index contributed by atoms with van der Waals surface area (Å²) in [5, 5.41) is 103. The summed E-state index contributed by atoms with van der Waals surface area (Å²) in [7, 11) is 0. The Morgan fingerprint density at radius 2 is 0.745 bits per heavy atom. The van der Waals surface area contributed by atoms with Crippen molar-refractivity contribution in [3.63, 3.8) is 0 Å². The Balaban J connectivity index is 1.30. The second kappa shape index (κ2) is 26.8. The van der Waals surface area contributed by atoms with Gasteiger partial charge < -0.3 is 108 Å². The average Bonchev–Trinajstić information content (AvgIpc) is 3.19. The largest absolute Gasteiger partial charge is 0.394 e. The van der Waals surface area contributed by atoms with Crippen LogP contribution >= 0.6 is 0 Å². The molecule has 3 aliphatic heterocycles. The van der Waals surface area contributed by atoms with E-state index in [4.69, 9.17) is 56.8 Å². The molecule has 55 heavy (non-hydrogen) atoms. The van der Waals surface area contributed by atoms with Crippen LogP contribution < -0.4 is 0 Å². The molecular formula is C33H60O22. The highest BCUT2D eigenvalue weighted by molar-refractivity contribution is 4.96. The van der Waals surface area contributed by atoms with Gasteiger partial charge in [0.2, 0.25) is 0 Å². The van der Waals surface area contributed by atoms with Crippen molar-refractivity contribution in [3.8, 4) is 0 Å². The van der Waals surface area contributed by atoms with Crippen molar-refractivity contribution in [2.24, 2.45) is 0 Å². The van der Waals surface area contributed by atoms with E-state index in [1.54, 1.807) is 6.08 Å². The van der Waals surface area contributed by atoms with Gasteiger partial charge in [-0.25, -0.2) is 0 Å². The van der Waals surface area contributed by atoms with E-state index in [0.29, 0.717) is 59.5 Å². The van der Waals surface area contributed by atoms with Crippen LogP contribution in [-0.4, -0.2) is 249 Å². The predicted molar refractivity (Wildman–Crippen MR) is 180 cm³/mol. The molecule has 3 saturated heterocycles. The number of hydrogen-bond acceptors (Lipinski definition) is 22. The molecular weight excluding hydrogens is 748 g/mol. The maximum Gasteiger partial charge on any atom is 0.187 e. The minimum absolute atomic E-state index is 0.0694. The first-order valence-electron chi connectivity index (χ1n) is 18.1. The zero-order valence-electron chi connectivity index (χ0n) is 30.6. The maximum atomic E-state index is 10.9. The van der Waals surface area contributed by atoms with E-state index < -0.39 is 112 Å². The first-order valence-corrected chi connectivity index (χ1v) is 18.1. The van der Waals surface area contributed by atoms with E-state index in [9.17, 15) is 51.1 Å². The van der Waals surface area contributed by atoms with Crippen molar-refractivity contribution in [1.29, 1.82) is 0 Å². The third-order valence-corrected chi connectivity index (χ3v) is 8.68. The maximum absolute atomic E-state index is 10.9.